The smallest absolute Gasteiger partial charge is 0.144 e. The Morgan fingerprint density at radius 2 is 2.32 bits per heavy atom. The average Bonchev–Trinajstić information content (AvgIpc) is 2.85. The number of aryl methyl sites for hydroxylation is 1. The second-order valence-corrected chi connectivity index (χ2v) is 5.62. The van der Waals surface area contributed by atoms with Gasteiger partial charge in [-0.25, -0.2) is 4.98 Å². The molecular formula is C14H15NO3S. The minimum Gasteiger partial charge on any atom is -0.497 e. The Morgan fingerprint density at radius 1 is 1.47 bits per heavy atom. The van der Waals surface area contributed by atoms with Crippen molar-refractivity contribution < 1.29 is 14.6 Å². The Hall–Kier alpha value is -1.59. The van der Waals surface area contributed by atoms with E-state index in [1.54, 1.807) is 18.4 Å². The van der Waals surface area contributed by atoms with Gasteiger partial charge in [0.15, 0.2) is 0 Å². The van der Waals surface area contributed by atoms with Gasteiger partial charge in [0.05, 0.1) is 23.9 Å². The maximum atomic E-state index is 10.3. The lowest BCUT2D eigenvalue weighted by molar-refractivity contribution is 0.0636. The van der Waals surface area contributed by atoms with Gasteiger partial charge in [-0.3, -0.25) is 0 Å². The second-order valence-electron chi connectivity index (χ2n) is 4.55. The summed E-state index contributed by atoms with van der Waals surface area (Å²) < 4.78 is 11.1. The van der Waals surface area contributed by atoms with Gasteiger partial charge in [-0.15, -0.1) is 11.3 Å². The van der Waals surface area contributed by atoms with Gasteiger partial charge in [-0.1, -0.05) is 0 Å². The molecule has 2 aromatic rings. The summed E-state index contributed by atoms with van der Waals surface area (Å²) in [6.45, 7) is 1.96. The summed E-state index contributed by atoms with van der Waals surface area (Å²) in [6, 6.07) is 5.49. The third-order valence-corrected chi connectivity index (χ3v) is 4.04. The summed E-state index contributed by atoms with van der Waals surface area (Å²) in [5.41, 5.74) is 1.67. The van der Waals surface area contributed by atoms with Crippen LogP contribution in [0.5, 0.6) is 11.5 Å². The van der Waals surface area contributed by atoms with Gasteiger partial charge < -0.3 is 14.6 Å². The van der Waals surface area contributed by atoms with Crippen molar-refractivity contribution in [2.75, 3.05) is 7.11 Å². The number of aliphatic hydroxyl groups is 1. The van der Waals surface area contributed by atoms with Crippen molar-refractivity contribution in [2.45, 2.75) is 25.6 Å². The SMILES string of the molecule is COc1ccc2c(c1)C(O)CC(c1csc(C)n1)O2. The molecule has 0 saturated carbocycles. The average molecular weight is 277 g/mol. The molecular weight excluding hydrogens is 262 g/mol. The fraction of sp³-hybridized carbons (Fsp3) is 0.357. The van der Waals surface area contributed by atoms with E-state index < -0.39 is 6.10 Å². The van der Waals surface area contributed by atoms with Crippen molar-refractivity contribution >= 4 is 11.3 Å². The number of fused-ring (bicyclic) bond motifs is 1. The van der Waals surface area contributed by atoms with Crippen LogP contribution in [0.1, 0.15) is 34.9 Å². The lowest BCUT2D eigenvalue weighted by Crippen LogP contribution is -2.19. The Labute approximate surface area is 115 Å². The number of benzene rings is 1. The van der Waals surface area contributed by atoms with E-state index in [9.17, 15) is 5.11 Å². The molecule has 0 spiro atoms. The van der Waals surface area contributed by atoms with Crippen LogP contribution in [-0.2, 0) is 0 Å². The van der Waals surface area contributed by atoms with Crippen molar-refractivity contribution in [2.24, 2.45) is 0 Å². The minimum absolute atomic E-state index is 0.180. The number of aliphatic hydroxyl groups excluding tert-OH is 1. The molecule has 0 bridgehead atoms. The maximum absolute atomic E-state index is 10.3. The Balaban J connectivity index is 1.92. The van der Waals surface area contributed by atoms with E-state index in [0.29, 0.717) is 12.2 Å². The van der Waals surface area contributed by atoms with Crippen LogP contribution in [0.2, 0.25) is 0 Å². The molecule has 1 aliphatic heterocycles. The van der Waals surface area contributed by atoms with Gasteiger partial charge in [-0.2, -0.15) is 0 Å². The first-order valence-electron chi connectivity index (χ1n) is 6.12. The summed E-state index contributed by atoms with van der Waals surface area (Å²) in [4.78, 5) is 4.43. The van der Waals surface area contributed by atoms with Crippen LogP contribution in [0.15, 0.2) is 23.6 Å². The maximum Gasteiger partial charge on any atom is 0.144 e. The summed E-state index contributed by atoms with van der Waals surface area (Å²) in [5, 5.41) is 13.3. The third kappa shape index (κ3) is 2.31. The molecule has 1 aromatic heterocycles. The quantitative estimate of drug-likeness (QED) is 0.916. The summed E-state index contributed by atoms with van der Waals surface area (Å²) in [7, 11) is 1.61. The number of ether oxygens (including phenoxy) is 2. The predicted molar refractivity (Wildman–Crippen MR) is 72.8 cm³/mol. The van der Waals surface area contributed by atoms with Crippen molar-refractivity contribution in [3.63, 3.8) is 0 Å². The van der Waals surface area contributed by atoms with E-state index in [4.69, 9.17) is 9.47 Å². The van der Waals surface area contributed by atoms with Gasteiger partial charge in [-0.05, 0) is 25.1 Å². The van der Waals surface area contributed by atoms with Crippen LogP contribution >= 0.6 is 11.3 Å². The van der Waals surface area contributed by atoms with Crippen molar-refractivity contribution in [3.8, 4) is 11.5 Å². The molecule has 0 amide bonds. The molecule has 19 heavy (non-hydrogen) atoms. The fourth-order valence-electron chi connectivity index (χ4n) is 2.26. The monoisotopic (exact) mass is 277 g/mol. The van der Waals surface area contributed by atoms with Crippen molar-refractivity contribution in [3.05, 3.63) is 39.8 Å². The Bertz CT molecular complexity index is 596. The summed E-state index contributed by atoms with van der Waals surface area (Å²) >= 11 is 1.59. The first kappa shape index (κ1) is 12.4. The van der Waals surface area contributed by atoms with E-state index in [2.05, 4.69) is 4.98 Å². The van der Waals surface area contributed by atoms with Crippen LogP contribution < -0.4 is 9.47 Å². The molecule has 1 aliphatic rings. The van der Waals surface area contributed by atoms with E-state index in [0.717, 1.165) is 22.0 Å². The first-order valence-corrected chi connectivity index (χ1v) is 7.00. The topological polar surface area (TPSA) is 51.6 Å². The first-order chi connectivity index (χ1) is 9.17. The number of methoxy groups -OCH3 is 1. The van der Waals surface area contributed by atoms with Crippen molar-refractivity contribution in [1.82, 2.24) is 4.98 Å². The molecule has 0 saturated heterocycles. The van der Waals surface area contributed by atoms with Crippen LogP contribution in [0.4, 0.5) is 0 Å². The van der Waals surface area contributed by atoms with E-state index in [-0.39, 0.29) is 6.10 Å². The summed E-state index contributed by atoms with van der Waals surface area (Å²) in [6.07, 6.45) is -0.213. The van der Waals surface area contributed by atoms with Gasteiger partial charge in [0, 0.05) is 17.4 Å². The van der Waals surface area contributed by atoms with Gasteiger partial charge in [0.1, 0.15) is 17.6 Å². The molecule has 0 radical (unpaired) electrons. The fourth-order valence-corrected chi connectivity index (χ4v) is 2.92. The largest absolute Gasteiger partial charge is 0.497 e. The highest BCUT2D eigenvalue weighted by atomic mass is 32.1. The predicted octanol–water partition coefficient (Wildman–Crippen LogP) is 3.02. The Morgan fingerprint density at radius 3 is 3.00 bits per heavy atom. The highest BCUT2D eigenvalue weighted by Crippen LogP contribution is 2.42. The molecule has 1 N–H and O–H groups in total. The second kappa shape index (κ2) is 4.83. The van der Waals surface area contributed by atoms with Gasteiger partial charge >= 0.3 is 0 Å². The number of hydrogen-bond acceptors (Lipinski definition) is 5. The molecule has 3 rings (SSSR count). The number of aromatic nitrogens is 1. The highest BCUT2D eigenvalue weighted by Gasteiger charge is 2.29. The number of hydrogen-bond donors (Lipinski definition) is 1. The molecule has 2 heterocycles. The van der Waals surface area contributed by atoms with E-state index in [1.165, 1.54) is 0 Å². The highest BCUT2D eigenvalue weighted by molar-refractivity contribution is 7.09. The molecule has 5 heteroatoms. The lowest BCUT2D eigenvalue weighted by atomic mass is 9.97. The van der Waals surface area contributed by atoms with Gasteiger partial charge in [0.25, 0.3) is 0 Å². The zero-order valence-corrected chi connectivity index (χ0v) is 11.6. The number of nitrogens with zero attached hydrogens (tertiary/aromatic N) is 1. The lowest BCUT2D eigenvalue weighted by Gasteiger charge is -2.29. The molecule has 4 nitrogen and oxygen atoms in total. The minimum atomic E-state index is -0.550. The molecule has 100 valence electrons. The zero-order chi connectivity index (χ0) is 13.4. The standard InChI is InChI=1S/C14H15NO3S/c1-8-15-11(7-19-8)14-6-12(16)10-5-9(17-2)3-4-13(10)18-14/h3-5,7,12,14,16H,6H2,1-2H3. The molecule has 0 fully saturated rings. The molecule has 0 aliphatic carbocycles. The van der Waals surface area contributed by atoms with E-state index in [1.807, 2.05) is 30.5 Å². The van der Waals surface area contributed by atoms with Crippen LogP contribution in [0.25, 0.3) is 0 Å². The van der Waals surface area contributed by atoms with Gasteiger partial charge in [0.2, 0.25) is 0 Å². The normalized spacial score (nSPS) is 21.6. The molecule has 2 unspecified atom stereocenters. The third-order valence-electron chi connectivity index (χ3n) is 3.25. The Kier molecular flexibility index (Phi) is 3.16. The summed E-state index contributed by atoms with van der Waals surface area (Å²) in [5.74, 6) is 1.43. The number of thiazole rings is 1. The number of rotatable bonds is 2. The van der Waals surface area contributed by atoms with Crippen LogP contribution in [0.3, 0.4) is 0 Å². The zero-order valence-electron chi connectivity index (χ0n) is 10.8. The molecule has 2 atom stereocenters. The van der Waals surface area contributed by atoms with E-state index >= 15 is 0 Å². The van der Waals surface area contributed by atoms with Crippen LogP contribution in [0, 0.1) is 6.92 Å². The molecule has 1 aromatic carbocycles. The van der Waals surface area contributed by atoms with Crippen LogP contribution in [-0.4, -0.2) is 17.2 Å². The van der Waals surface area contributed by atoms with Crippen molar-refractivity contribution in [1.29, 1.82) is 0 Å².